The predicted molar refractivity (Wildman–Crippen MR) is 83.2 cm³/mol. The van der Waals surface area contributed by atoms with Gasteiger partial charge in [-0.05, 0) is 42.9 Å². The maximum Gasteiger partial charge on any atom is 0.123 e. The lowest BCUT2D eigenvalue weighted by atomic mass is 9.61. The highest BCUT2D eigenvalue weighted by atomic mass is 16.5. The van der Waals surface area contributed by atoms with Gasteiger partial charge in [0, 0.05) is 17.9 Å². The van der Waals surface area contributed by atoms with Crippen LogP contribution in [0.1, 0.15) is 63.0 Å². The van der Waals surface area contributed by atoms with E-state index >= 15 is 0 Å². The molecule has 2 nitrogen and oxygen atoms in total. The maximum absolute atomic E-state index is 6.45. The molecule has 3 rings (SSSR count). The van der Waals surface area contributed by atoms with Crippen molar-refractivity contribution in [1.82, 2.24) is 0 Å². The van der Waals surface area contributed by atoms with Crippen LogP contribution in [0, 0.1) is 12.3 Å². The first-order chi connectivity index (χ1) is 9.53. The van der Waals surface area contributed by atoms with Crippen LogP contribution in [0.4, 0.5) is 0 Å². The van der Waals surface area contributed by atoms with Gasteiger partial charge in [0.05, 0.1) is 0 Å². The molecule has 0 heterocycles. The molecule has 2 fully saturated rings. The molecule has 0 radical (unpaired) electrons. The van der Waals surface area contributed by atoms with Gasteiger partial charge in [0.1, 0.15) is 11.9 Å². The smallest absolute Gasteiger partial charge is 0.123 e. The third-order valence-electron chi connectivity index (χ3n) is 5.44. The maximum atomic E-state index is 6.45. The zero-order valence-corrected chi connectivity index (χ0v) is 13.0. The van der Waals surface area contributed by atoms with Gasteiger partial charge in [-0.3, -0.25) is 0 Å². The third kappa shape index (κ3) is 2.14. The molecule has 0 bridgehead atoms. The standard InChI is InChI=1S/C18H27NO/c1-12(2)14-7-6-13(3)10-15(14)20-17-11-16(19)18(17)8-4-5-9-18/h6-7,10,12,16-17H,4-5,8-9,11,19H2,1-3H3. The molecule has 2 N–H and O–H groups in total. The van der Waals surface area contributed by atoms with Gasteiger partial charge in [-0.25, -0.2) is 0 Å². The summed E-state index contributed by atoms with van der Waals surface area (Å²) >= 11 is 0. The van der Waals surface area contributed by atoms with E-state index in [-0.39, 0.29) is 5.41 Å². The van der Waals surface area contributed by atoms with Crippen molar-refractivity contribution in [3.05, 3.63) is 29.3 Å². The first kappa shape index (κ1) is 13.9. The molecule has 0 aromatic heterocycles. The lowest BCUT2D eigenvalue weighted by Crippen LogP contribution is -2.62. The van der Waals surface area contributed by atoms with Crippen LogP contribution in [-0.2, 0) is 0 Å². The van der Waals surface area contributed by atoms with Crippen LogP contribution >= 0.6 is 0 Å². The Labute approximate surface area is 122 Å². The number of benzene rings is 1. The summed E-state index contributed by atoms with van der Waals surface area (Å²) in [6, 6.07) is 6.94. The van der Waals surface area contributed by atoms with Crippen molar-refractivity contribution in [2.24, 2.45) is 11.1 Å². The molecule has 1 aromatic carbocycles. The van der Waals surface area contributed by atoms with Crippen molar-refractivity contribution in [3.63, 3.8) is 0 Å². The second-order valence-electron chi connectivity index (χ2n) is 7.08. The van der Waals surface area contributed by atoms with E-state index in [2.05, 4.69) is 39.0 Å². The van der Waals surface area contributed by atoms with Crippen LogP contribution in [0.25, 0.3) is 0 Å². The predicted octanol–water partition coefficient (Wildman–Crippen LogP) is 4.16. The Morgan fingerprint density at radius 2 is 1.95 bits per heavy atom. The number of rotatable bonds is 3. The van der Waals surface area contributed by atoms with Crippen molar-refractivity contribution in [3.8, 4) is 5.75 Å². The summed E-state index contributed by atoms with van der Waals surface area (Å²) < 4.78 is 6.45. The topological polar surface area (TPSA) is 35.2 Å². The second-order valence-corrected chi connectivity index (χ2v) is 7.08. The summed E-state index contributed by atoms with van der Waals surface area (Å²) in [5.74, 6) is 1.59. The zero-order valence-electron chi connectivity index (χ0n) is 13.0. The lowest BCUT2D eigenvalue weighted by molar-refractivity contribution is -0.0625. The molecular formula is C18H27NO. The lowest BCUT2D eigenvalue weighted by Gasteiger charge is -2.52. The number of ether oxygens (including phenoxy) is 1. The Morgan fingerprint density at radius 3 is 2.55 bits per heavy atom. The van der Waals surface area contributed by atoms with E-state index in [1.807, 2.05) is 0 Å². The minimum Gasteiger partial charge on any atom is -0.489 e. The van der Waals surface area contributed by atoms with Crippen LogP contribution < -0.4 is 10.5 Å². The van der Waals surface area contributed by atoms with Crippen molar-refractivity contribution in [2.75, 3.05) is 0 Å². The summed E-state index contributed by atoms with van der Waals surface area (Å²) in [7, 11) is 0. The van der Waals surface area contributed by atoms with E-state index in [9.17, 15) is 0 Å². The summed E-state index contributed by atoms with van der Waals surface area (Å²) in [5, 5.41) is 0. The van der Waals surface area contributed by atoms with Crippen LogP contribution in [-0.4, -0.2) is 12.1 Å². The number of hydrogen-bond acceptors (Lipinski definition) is 2. The fourth-order valence-electron chi connectivity index (χ4n) is 4.04. The Balaban J connectivity index is 1.83. The molecular weight excluding hydrogens is 246 g/mol. The van der Waals surface area contributed by atoms with E-state index in [4.69, 9.17) is 10.5 Å². The molecule has 110 valence electrons. The number of hydrogen-bond donors (Lipinski definition) is 1. The molecule has 0 saturated heterocycles. The molecule has 20 heavy (non-hydrogen) atoms. The van der Waals surface area contributed by atoms with E-state index in [1.54, 1.807) is 0 Å². The van der Waals surface area contributed by atoms with E-state index in [0.717, 1.165) is 12.2 Å². The largest absolute Gasteiger partial charge is 0.489 e. The van der Waals surface area contributed by atoms with Gasteiger partial charge in [-0.1, -0.05) is 38.8 Å². The average molecular weight is 273 g/mol. The van der Waals surface area contributed by atoms with Gasteiger partial charge in [-0.2, -0.15) is 0 Å². The van der Waals surface area contributed by atoms with Crippen LogP contribution in [0.15, 0.2) is 18.2 Å². The van der Waals surface area contributed by atoms with E-state index in [1.165, 1.54) is 36.8 Å². The minimum absolute atomic E-state index is 0.276. The third-order valence-corrected chi connectivity index (χ3v) is 5.44. The highest BCUT2D eigenvalue weighted by Gasteiger charge is 2.56. The summed E-state index contributed by atoms with van der Waals surface area (Å²) in [6.45, 7) is 6.60. The Kier molecular flexibility index (Phi) is 3.53. The van der Waals surface area contributed by atoms with Crippen LogP contribution in [0.2, 0.25) is 0 Å². The van der Waals surface area contributed by atoms with Crippen molar-refractivity contribution in [2.45, 2.75) is 70.9 Å². The average Bonchev–Trinajstić information content (AvgIpc) is 2.90. The Hall–Kier alpha value is -1.02. The number of aryl methyl sites for hydroxylation is 1. The SMILES string of the molecule is Cc1ccc(C(C)C)c(OC2CC(N)C23CCCC3)c1. The molecule has 1 aromatic rings. The van der Waals surface area contributed by atoms with E-state index in [0.29, 0.717) is 18.1 Å². The molecule has 2 heteroatoms. The molecule has 0 aliphatic heterocycles. The fraction of sp³-hybridized carbons (Fsp3) is 0.667. The summed E-state index contributed by atoms with van der Waals surface area (Å²) in [6.07, 6.45) is 6.49. The highest BCUT2D eigenvalue weighted by molar-refractivity contribution is 5.39. The summed E-state index contributed by atoms with van der Waals surface area (Å²) in [4.78, 5) is 0. The molecule has 2 aliphatic rings. The van der Waals surface area contributed by atoms with Gasteiger partial charge >= 0.3 is 0 Å². The molecule has 2 unspecified atom stereocenters. The molecule has 2 aliphatic carbocycles. The molecule has 2 saturated carbocycles. The van der Waals surface area contributed by atoms with Gasteiger partial charge in [0.25, 0.3) is 0 Å². The monoisotopic (exact) mass is 273 g/mol. The van der Waals surface area contributed by atoms with Gasteiger partial charge < -0.3 is 10.5 Å². The Bertz CT molecular complexity index is 488. The van der Waals surface area contributed by atoms with Gasteiger partial charge in [0.2, 0.25) is 0 Å². The molecule has 1 spiro atoms. The first-order valence-corrected chi connectivity index (χ1v) is 8.06. The summed E-state index contributed by atoms with van der Waals surface area (Å²) in [5.41, 5.74) is 9.18. The quantitative estimate of drug-likeness (QED) is 0.897. The molecule has 0 amide bonds. The van der Waals surface area contributed by atoms with Crippen molar-refractivity contribution in [1.29, 1.82) is 0 Å². The van der Waals surface area contributed by atoms with Crippen LogP contribution in [0.5, 0.6) is 5.75 Å². The van der Waals surface area contributed by atoms with Gasteiger partial charge in [0.15, 0.2) is 0 Å². The number of nitrogens with two attached hydrogens (primary N) is 1. The normalized spacial score (nSPS) is 27.9. The highest BCUT2D eigenvalue weighted by Crippen LogP contribution is 2.54. The van der Waals surface area contributed by atoms with Crippen molar-refractivity contribution < 1.29 is 4.74 Å². The van der Waals surface area contributed by atoms with E-state index < -0.39 is 0 Å². The van der Waals surface area contributed by atoms with Crippen molar-refractivity contribution >= 4 is 0 Å². The first-order valence-electron chi connectivity index (χ1n) is 8.06. The Morgan fingerprint density at radius 1 is 1.25 bits per heavy atom. The zero-order chi connectivity index (χ0) is 14.3. The minimum atomic E-state index is 0.276. The second kappa shape index (κ2) is 5.07. The molecule has 2 atom stereocenters. The van der Waals surface area contributed by atoms with Crippen LogP contribution in [0.3, 0.4) is 0 Å². The van der Waals surface area contributed by atoms with Gasteiger partial charge in [-0.15, -0.1) is 0 Å². The fourth-order valence-corrected chi connectivity index (χ4v) is 4.04.